The van der Waals surface area contributed by atoms with Crippen molar-refractivity contribution in [1.29, 1.82) is 5.41 Å². The second-order valence-electron chi connectivity index (χ2n) is 5.46. The van der Waals surface area contributed by atoms with Gasteiger partial charge in [-0.2, -0.15) is 13.2 Å². The molecular weight excluding hydrogens is 371 g/mol. The fourth-order valence-electron chi connectivity index (χ4n) is 2.34. The lowest BCUT2D eigenvalue weighted by Gasteiger charge is -2.09. The van der Waals surface area contributed by atoms with Crippen LogP contribution in [0.25, 0.3) is 5.65 Å². The number of nitrogens with zero attached hydrogens (tertiary/aromatic N) is 4. The van der Waals surface area contributed by atoms with Gasteiger partial charge in [-0.15, -0.1) is 0 Å². The van der Waals surface area contributed by atoms with Gasteiger partial charge in [0.15, 0.2) is 23.1 Å². The van der Waals surface area contributed by atoms with Crippen LogP contribution in [0.1, 0.15) is 17.0 Å². The van der Waals surface area contributed by atoms with Crippen LogP contribution < -0.4 is 5.73 Å². The van der Waals surface area contributed by atoms with E-state index < -0.39 is 29.5 Å². The predicted octanol–water partition coefficient (Wildman–Crippen LogP) is 2.84. The van der Waals surface area contributed by atoms with Crippen molar-refractivity contribution in [3.05, 3.63) is 65.4 Å². The summed E-state index contributed by atoms with van der Waals surface area (Å²) in [5.41, 5.74) is 4.98. The summed E-state index contributed by atoms with van der Waals surface area (Å²) in [5, 5.41) is 7.72. The maximum absolute atomic E-state index is 13.9. The number of nitrogens with one attached hydrogen (secondary N) is 1. The Balaban J connectivity index is 2.05. The van der Waals surface area contributed by atoms with Crippen LogP contribution in [0, 0.1) is 17.0 Å². The Morgan fingerprint density at radius 3 is 2.70 bits per heavy atom. The molecule has 0 bridgehead atoms. The molecule has 2 aromatic heterocycles. The lowest BCUT2D eigenvalue weighted by molar-refractivity contribution is -0.0597. The molecule has 0 amide bonds. The zero-order valence-electron chi connectivity index (χ0n) is 13.4. The molecule has 1 aromatic carbocycles. The van der Waals surface area contributed by atoms with E-state index in [1.807, 2.05) is 0 Å². The molecule has 0 aliphatic carbocycles. The van der Waals surface area contributed by atoms with Crippen LogP contribution in [0.5, 0.6) is 0 Å². The third kappa shape index (κ3) is 3.76. The summed E-state index contributed by atoms with van der Waals surface area (Å²) in [6.07, 6.45) is -0.981. The molecule has 0 saturated heterocycles. The standard InChI is InChI=1S/C16H11F5N6/c17-9-3-1-2-8(12(9)18)6-10-14-24-4-5-27(14)7-11(25-10)13(22)26-15(23)16(19,20)21/h1-5,7H,6H2,(H3,22,23,26). The van der Waals surface area contributed by atoms with Crippen molar-refractivity contribution in [2.45, 2.75) is 12.6 Å². The van der Waals surface area contributed by atoms with Crippen LogP contribution in [-0.4, -0.2) is 32.2 Å². The number of aliphatic imine (C=N–C) groups is 1. The van der Waals surface area contributed by atoms with E-state index in [2.05, 4.69) is 15.0 Å². The maximum Gasteiger partial charge on any atom is 0.449 e. The number of benzene rings is 1. The summed E-state index contributed by atoms with van der Waals surface area (Å²) in [5.74, 6) is -4.64. The first-order chi connectivity index (χ1) is 12.7. The largest absolute Gasteiger partial charge is 0.449 e. The van der Waals surface area contributed by atoms with E-state index in [1.165, 1.54) is 35.1 Å². The molecule has 6 nitrogen and oxygen atoms in total. The summed E-state index contributed by atoms with van der Waals surface area (Å²) in [6, 6.07) is 3.62. The van der Waals surface area contributed by atoms with Crippen molar-refractivity contribution >= 4 is 17.3 Å². The number of hydrogen-bond acceptors (Lipinski definition) is 3. The summed E-state index contributed by atoms with van der Waals surface area (Å²) in [4.78, 5) is 11.1. The highest BCUT2D eigenvalue weighted by Crippen LogP contribution is 2.19. The summed E-state index contributed by atoms with van der Waals surface area (Å²) >= 11 is 0. The Morgan fingerprint density at radius 2 is 2.00 bits per heavy atom. The topological polar surface area (TPSA) is 92.4 Å². The number of amidine groups is 2. The highest BCUT2D eigenvalue weighted by molar-refractivity contribution is 6.04. The molecule has 0 fully saturated rings. The zero-order chi connectivity index (χ0) is 19.8. The Kier molecular flexibility index (Phi) is 4.60. The lowest BCUT2D eigenvalue weighted by Crippen LogP contribution is -2.32. The van der Waals surface area contributed by atoms with Crippen molar-refractivity contribution in [3.8, 4) is 0 Å². The number of hydrogen-bond donors (Lipinski definition) is 2. The Morgan fingerprint density at radius 1 is 1.26 bits per heavy atom. The van der Waals surface area contributed by atoms with E-state index in [-0.39, 0.29) is 29.0 Å². The van der Waals surface area contributed by atoms with E-state index in [0.717, 1.165) is 6.07 Å². The predicted molar refractivity (Wildman–Crippen MR) is 86.7 cm³/mol. The molecule has 0 unspecified atom stereocenters. The van der Waals surface area contributed by atoms with E-state index in [1.54, 1.807) is 0 Å². The first kappa shape index (κ1) is 18.4. The van der Waals surface area contributed by atoms with E-state index in [4.69, 9.17) is 11.1 Å². The third-order valence-corrected chi connectivity index (χ3v) is 3.60. The van der Waals surface area contributed by atoms with Crippen LogP contribution in [-0.2, 0) is 6.42 Å². The van der Waals surface area contributed by atoms with Crippen molar-refractivity contribution < 1.29 is 22.0 Å². The van der Waals surface area contributed by atoms with Gasteiger partial charge >= 0.3 is 6.18 Å². The molecule has 3 aromatic rings. The third-order valence-electron chi connectivity index (χ3n) is 3.60. The van der Waals surface area contributed by atoms with Gasteiger partial charge in [0.25, 0.3) is 0 Å². The highest BCUT2D eigenvalue weighted by Gasteiger charge is 2.34. The van der Waals surface area contributed by atoms with Gasteiger partial charge in [0.1, 0.15) is 5.69 Å². The summed E-state index contributed by atoms with van der Waals surface area (Å²) in [7, 11) is 0. The average molecular weight is 382 g/mol. The van der Waals surface area contributed by atoms with Crippen LogP contribution in [0.2, 0.25) is 0 Å². The second kappa shape index (κ2) is 6.74. The van der Waals surface area contributed by atoms with Gasteiger partial charge in [0, 0.05) is 25.0 Å². The van der Waals surface area contributed by atoms with Crippen LogP contribution in [0.4, 0.5) is 22.0 Å². The number of aromatic nitrogens is 3. The molecule has 2 heterocycles. The van der Waals surface area contributed by atoms with Crippen molar-refractivity contribution in [3.63, 3.8) is 0 Å². The normalized spacial score (nSPS) is 12.6. The molecular formula is C16H11F5N6. The number of alkyl halides is 3. The van der Waals surface area contributed by atoms with Gasteiger partial charge in [0.2, 0.25) is 5.84 Å². The summed E-state index contributed by atoms with van der Waals surface area (Å²) in [6.45, 7) is 0. The van der Waals surface area contributed by atoms with Gasteiger partial charge in [-0.1, -0.05) is 12.1 Å². The fourth-order valence-corrected chi connectivity index (χ4v) is 2.34. The van der Waals surface area contributed by atoms with Gasteiger partial charge in [-0.05, 0) is 11.6 Å². The smallest absolute Gasteiger partial charge is 0.380 e. The van der Waals surface area contributed by atoms with Crippen molar-refractivity contribution in [1.82, 2.24) is 14.4 Å². The molecule has 0 aliphatic rings. The highest BCUT2D eigenvalue weighted by atomic mass is 19.4. The molecule has 0 spiro atoms. The second-order valence-corrected chi connectivity index (χ2v) is 5.46. The Hall–Kier alpha value is -3.37. The van der Waals surface area contributed by atoms with Crippen molar-refractivity contribution in [2.24, 2.45) is 10.7 Å². The number of rotatable bonds is 3. The first-order valence-corrected chi connectivity index (χ1v) is 7.42. The van der Waals surface area contributed by atoms with E-state index in [0.29, 0.717) is 0 Å². The van der Waals surface area contributed by atoms with Gasteiger partial charge in [-0.3, -0.25) is 5.41 Å². The van der Waals surface area contributed by atoms with Crippen LogP contribution >= 0.6 is 0 Å². The molecule has 0 aliphatic heterocycles. The molecule has 27 heavy (non-hydrogen) atoms. The molecule has 11 heteroatoms. The average Bonchev–Trinajstić information content (AvgIpc) is 3.06. The molecule has 3 N–H and O–H groups in total. The Labute approximate surface area is 148 Å². The number of fused-ring (bicyclic) bond motifs is 1. The lowest BCUT2D eigenvalue weighted by atomic mass is 10.1. The van der Waals surface area contributed by atoms with Crippen molar-refractivity contribution in [2.75, 3.05) is 0 Å². The van der Waals surface area contributed by atoms with E-state index >= 15 is 0 Å². The van der Waals surface area contributed by atoms with Gasteiger partial charge in [0.05, 0.1) is 5.69 Å². The number of nitrogens with two attached hydrogens (primary N) is 1. The van der Waals surface area contributed by atoms with Crippen LogP contribution in [0.3, 0.4) is 0 Å². The van der Waals surface area contributed by atoms with Crippen LogP contribution in [0.15, 0.2) is 41.8 Å². The molecule has 3 rings (SSSR count). The first-order valence-electron chi connectivity index (χ1n) is 7.42. The molecule has 140 valence electrons. The molecule has 0 radical (unpaired) electrons. The zero-order valence-corrected chi connectivity index (χ0v) is 13.4. The quantitative estimate of drug-likeness (QED) is 0.415. The van der Waals surface area contributed by atoms with Gasteiger partial charge < -0.3 is 10.1 Å². The number of halogens is 5. The number of imidazole rings is 1. The minimum Gasteiger partial charge on any atom is -0.380 e. The Bertz CT molecular complexity index is 1050. The molecule has 0 atom stereocenters. The summed E-state index contributed by atoms with van der Waals surface area (Å²) < 4.78 is 66.3. The molecule has 0 saturated carbocycles. The monoisotopic (exact) mass is 382 g/mol. The SMILES string of the molecule is N=C(N=C(N)C(F)(F)F)c1cn2ccnc2c(Cc2cccc(F)c2F)n1. The minimum atomic E-state index is -4.89. The minimum absolute atomic E-state index is 0.0191. The fraction of sp³-hybridized carbons (Fsp3) is 0.125. The van der Waals surface area contributed by atoms with E-state index in [9.17, 15) is 22.0 Å². The maximum atomic E-state index is 13.9. The van der Waals surface area contributed by atoms with Gasteiger partial charge in [-0.25, -0.2) is 23.7 Å².